The third-order valence-electron chi connectivity index (χ3n) is 3.31. The predicted molar refractivity (Wildman–Crippen MR) is 80.0 cm³/mol. The molecule has 0 aliphatic heterocycles. The van der Waals surface area contributed by atoms with Gasteiger partial charge >= 0.3 is 0 Å². The zero-order valence-electron chi connectivity index (χ0n) is 11.3. The second-order valence-electron chi connectivity index (χ2n) is 4.83. The molecule has 5 N–H and O–H groups in total. The van der Waals surface area contributed by atoms with Gasteiger partial charge in [0.15, 0.2) is 0 Å². The number of nitrogens with zero attached hydrogens (tertiary/aromatic N) is 1. The second kappa shape index (κ2) is 4.90. The van der Waals surface area contributed by atoms with Crippen LogP contribution in [0.25, 0.3) is 10.9 Å². The molecule has 0 fully saturated rings. The summed E-state index contributed by atoms with van der Waals surface area (Å²) < 4.78 is 27.6. The molecule has 110 valence electrons. The molecule has 1 aromatic carbocycles. The van der Waals surface area contributed by atoms with E-state index in [0.29, 0.717) is 16.6 Å². The normalized spacial score (nSPS) is 13.6. The molecule has 2 heterocycles. The summed E-state index contributed by atoms with van der Waals surface area (Å²) in [4.78, 5) is 3.13. The van der Waals surface area contributed by atoms with Gasteiger partial charge in [0.2, 0.25) is 10.0 Å². The van der Waals surface area contributed by atoms with E-state index >= 15 is 0 Å². The molecule has 0 aliphatic rings. The summed E-state index contributed by atoms with van der Waals surface area (Å²) in [6.45, 7) is 1.76. The van der Waals surface area contributed by atoms with Gasteiger partial charge in [-0.05, 0) is 25.1 Å². The Bertz CT molecular complexity index is 867. The molecule has 1 unspecified atom stereocenters. The van der Waals surface area contributed by atoms with Crippen molar-refractivity contribution in [2.45, 2.75) is 17.9 Å². The number of aromatic nitrogens is 3. The molecular formula is C13H15N5O2S. The van der Waals surface area contributed by atoms with E-state index in [0.717, 1.165) is 5.56 Å². The van der Waals surface area contributed by atoms with Gasteiger partial charge in [0.05, 0.1) is 6.20 Å². The Balaban J connectivity index is 1.97. The molecule has 3 aromatic rings. The van der Waals surface area contributed by atoms with Crippen molar-refractivity contribution in [3.63, 3.8) is 0 Å². The minimum atomic E-state index is -3.65. The first-order valence-corrected chi connectivity index (χ1v) is 7.83. The number of nitrogens with two attached hydrogens (primary N) is 1. The van der Waals surface area contributed by atoms with Gasteiger partial charge in [-0.15, -0.1) is 0 Å². The standard InChI is InChI=1S/C13H15N5O2S/c1-8(9-5-16-17-6-9)18-21(19,20)13-7-15-12-4-10(14)2-3-11(12)13/h2-8,15,18H,14H2,1H3,(H,16,17). The number of benzene rings is 1. The third-order valence-corrected chi connectivity index (χ3v) is 4.89. The van der Waals surface area contributed by atoms with Crippen LogP contribution < -0.4 is 10.5 Å². The second-order valence-corrected chi connectivity index (χ2v) is 6.51. The highest BCUT2D eigenvalue weighted by molar-refractivity contribution is 7.89. The van der Waals surface area contributed by atoms with E-state index in [1.807, 2.05) is 0 Å². The van der Waals surface area contributed by atoms with Crippen LogP contribution in [0.5, 0.6) is 0 Å². The fraction of sp³-hybridized carbons (Fsp3) is 0.154. The lowest BCUT2D eigenvalue weighted by atomic mass is 10.2. The quantitative estimate of drug-likeness (QED) is 0.547. The molecular weight excluding hydrogens is 290 g/mol. The first-order chi connectivity index (χ1) is 9.97. The first kappa shape index (κ1) is 13.7. The van der Waals surface area contributed by atoms with Crippen LogP contribution in [0.3, 0.4) is 0 Å². The van der Waals surface area contributed by atoms with E-state index in [1.165, 1.54) is 6.20 Å². The topological polar surface area (TPSA) is 117 Å². The van der Waals surface area contributed by atoms with Crippen LogP contribution in [0.1, 0.15) is 18.5 Å². The van der Waals surface area contributed by atoms with E-state index in [2.05, 4.69) is 19.9 Å². The van der Waals surface area contributed by atoms with Gasteiger partial charge in [-0.25, -0.2) is 13.1 Å². The maximum Gasteiger partial charge on any atom is 0.243 e. The Morgan fingerprint density at radius 3 is 2.86 bits per heavy atom. The Kier molecular flexibility index (Phi) is 3.19. The minimum absolute atomic E-state index is 0.202. The van der Waals surface area contributed by atoms with Crippen molar-refractivity contribution in [1.82, 2.24) is 19.9 Å². The van der Waals surface area contributed by atoms with Gasteiger partial charge in [0, 0.05) is 40.6 Å². The van der Waals surface area contributed by atoms with E-state index in [9.17, 15) is 8.42 Å². The van der Waals surface area contributed by atoms with Gasteiger partial charge in [0.1, 0.15) is 4.90 Å². The van der Waals surface area contributed by atoms with Gasteiger partial charge < -0.3 is 10.7 Å². The SMILES string of the molecule is CC(NS(=O)(=O)c1c[nH]c2cc(N)ccc12)c1cn[nH]c1. The molecule has 2 aromatic heterocycles. The highest BCUT2D eigenvalue weighted by Gasteiger charge is 2.22. The highest BCUT2D eigenvalue weighted by Crippen LogP contribution is 2.25. The minimum Gasteiger partial charge on any atom is -0.399 e. The van der Waals surface area contributed by atoms with Crippen molar-refractivity contribution in [2.24, 2.45) is 0 Å². The smallest absolute Gasteiger partial charge is 0.243 e. The van der Waals surface area contributed by atoms with Crippen LogP contribution in [-0.2, 0) is 10.0 Å². The number of aromatic amines is 2. The average Bonchev–Trinajstić information content (AvgIpc) is 3.07. The van der Waals surface area contributed by atoms with Crippen molar-refractivity contribution in [1.29, 1.82) is 0 Å². The van der Waals surface area contributed by atoms with Gasteiger partial charge in [-0.2, -0.15) is 5.10 Å². The summed E-state index contributed by atoms with van der Waals surface area (Å²) in [5.74, 6) is 0. The lowest BCUT2D eigenvalue weighted by Crippen LogP contribution is -2.26. The molecule has 0 radical (unpaired) electrons. The average molecular weight is 305 g/mol. The molecule has 0 saturated heterocycles. The number of nitrogens with one attached hydrogen (secondary N) is 3. The van der Waals surface area contributed by atoms with E-state index < -0.39 is 10.0 Å². The lowest BCUT2D eigenvalue weighted by molar-refractivity contribution is 0.568. The van der Waals surface area contributed by atoms with Crippen molar-refractivity contribution in [2.75, 3.05) is 5.73 Å². The Morgan fingerprint density at radius 2 is 2.14 bits per heavy atom. The zero-order valence-corrected chi connectivity index (χ0v) is 12.1. The summed E-state index contributed by atoms with van der Waals surface area (Å²) in [5.41, 5.74) is 7.72. The van der Waals surface area contributed by atoms with Crippen molar-refractivity contribution in [3.05, 3.63) is 42.4 Å². The summed E-state index contributed by atoms with van der Waals surface area (Å²) in [6.07, 6.45) is 4.71. The molecule has 0 bridgehead atoms. The predicted octanol–water partition coefficient (Wildman–Crippen LogP) is 1.51. The maximum absolute atomic E-state index is 12.5. The Labute approximate surface area is 121 Å². The number of rotatable bonds is 4. The molecule has 0 saturated carbocycles. The Morgan fingerprint density at radius 1 is 1.33 bits per heavy atom. The van der Waals surface area contributed by atoms with Crippen LogP contribution in [0.15, 0.2) is 41.7 Å². The maximum atomic E-state index is 12.5. The first-order valence-electron chi connectivity index (χ1n) is 6.35. The van der Waals surface area contributed by atoms with Crippen LogP contribution in [0.2, 0.25) is 0 Å². The third kappa shape index (κ3) is 2.50. The summed E-state index contributed by atoms with van der Waals surface area (Å²) in [5, 5.41) is 7.09. The highest BCUT2D eigenvalue weighted by atomic mass is 32.2. The number of hydrogen-bond donors (Lipinski definition) is 4. The number of nitrogen functional groups attached to an aromatic ring is 1. The molecule has 0 aliphatic carbocycles. The van der Waals surface area contributed by atoms with Gasteiger partial charge in [-0.3, -0.25) is 5.10 Å². The van der Waals surface area contributed by atoms with Gasteiger partial charge in [-0.1, -0.05) is 0 Å². The van der Waals surface area contributed by atoms with Crippen LogP contribution >= 0.6 is 0 Å². The van der Waals surface area contributed by atoms with Gasteiger partial charge in [0.25, 0.3) is 0 Å². The molecule has 0 spiro atoms. The monoisotopic (exact) mass is 305 g/mol. The number of sulfonamides is 1. The van der Waals surface area contributed by atoms with E-state index in [1.54, 1.807) is 37.5 Å². The summed E-state index contributed by atoms with van der Waals surface area (Å²) in [7, 11) is -3.65. The van der Waals surface area contributed by atoms with Crippen molar-refractivity contribution < 1.29 is 8.42 Å². The molecule has 7 nitrogen and oxygen atoms in total. The summed E-state index contributed by atoms with van der Waals surface area (Å²) in [6, 6.07) is 4.69. The zero-order chi connectivity index (χ0) is 15.0. The number of H-pyrrole nitrogens is 2. The largest absolute Gasteiger partial charge is 0.399 e. The van der Waals surface area contributed by atoms with E-state index in [-0.39, 0.29) is 10.9 Å². The Hall–Kier alpha value is -2.32. The lowest BCUT2D eigenvalue weighted by Gasteiger charge is -2.12. The fourth-order valence-electron chi connectivity index (χ4n) is 2.20. The summed E-state index contributed by atoms with van der Waals surface area (Å²) >= 11 is 0. The molecule has 1 atom stereocenters. The number of anilines is 1. The molecule has 3 rings (SSSR count). The fourth-order valence-corrected chi connectivity index (χ4v) is 3.61. The van der Waals surface area contributed by atoms with Crippen LogP contribution in [0.4, 0.5) is 5.69 Å². The molecule has 21 heavy (non-hydrogen) atoms. The number of hydrogen-bond acceptors (Lipinski definition) is 4. The number of fused-ring (bicyclic) bond motifs is 1. The van der Waals surface area contributed by atoms with Crippen molar-refractivity contribution in [3.8, 4) is 0 Å². The van der Waals surface area contributed by atoms with E-state index in [4.69, 9.17) is 5.73 Å². The van der Waals surface area contributed by atoms with Crippen molar-refractivity contribution >= 4 is 26.6 Å². The van der Waals surface area contributed by atoms with Crippen LogP contribution in [-0.4, -0.2) is 23.6 Å². The van der Waals surface area contributed by atoms with Crippen LogP contribution in [0, 0.1) is 0 Å². The molecule has 0 amide bonds. The molecule has 8 heteroatoms.